The first kappa shape index (κ1) is 17.5. The minimum absolute atomic E-state index is 0.0806. The van der Waals surface area contributed by atoms with Gasteiger partial charge in [0.15, 0.2) is 0 Å². The standard InChI is InChI=1S/C20H25NO4/c1-12-8-19(24)25-17-10-16-14(9-15(12)17)13(2)11-20(3,4)21(16)7-5-6-18(22)23/h8-10,13H,5-7,11H2,1-4H3,(H,22,23)/t13-/m1/s1. The number of carboxylic acids is 1. The van der Waals surface area contributed by atoms with E-state index in [1.54, 1.807) is 0 Å². The van der Waals surface area contributed by atoms with Crippen LogP contribution in [-0.2, 0) is 4.79 Å². The third-order valence-electron chi connectivity index (χ3n) is 5.23. The van der Waals surface area contributed by atoms with Crippen LogP contribution in [0.25, 0.3) is 11.0 Å². The van der Waals surface area contributed by atoms with Gasteiger partial charge in [-0.3, -0.25) is 4.79 Å². The summed E-state index contributed by atoms with van der Waals surface area (Å²) in [7, 11) is 0. The number of benzene rings is 1. The van der Waals surface area contributed by atoms with Crippen LogP contribution < -0.4 is 10.5 Å². The summed E-state index contributed by atoms with van der Waals surface area (Å²) in [4.78, 5) is 24.9. The first-order valence-electron chi connectivity index (χ1n) is 8.77. The number of aliphatic carboxylic acids is 1. The Morgan fingerprint density at radius 3 is 2.76 bits per heavy atom. The maximum absolute atomic E-state index is 11.7. The fourth-order valence-electron chi connectivity index (χ4n) is 4.11. The molecule has 5 heteroatoms. The lowest BCUT2D eigenvalue weighted by Crippen LogP contribution is -2.48. The molecule has 0 fully saturated rings. The summed E-state index contributed by atoms with van der Waals surface area (Å²) in [5.41, 5.74) is 3.38. The van der Waals surface area contributed by atoms with E-state index in [1.165, 1.54) is 11.6 Å². The van der Waals surface area contributed by atoms with Gasteiger partial charge in [0.2, 0.25) is 0 Å². The Kier molecular flexibility index (Phi) is 4.35. The molecule has 1 aliphatic heterocycles. The molecule has 2 heterocycles. The van der Waals surface area contributed by atoms with Gasteiger partial charge < -0.3 is 14.4 Å². The Morgan fingerprint density at radius 2 is 2.08 bits per heavy atom. The number of nitrogens with zero attached hydrogens (tertiary/aromatic N) is 1. The lowest BCUT2D eigenvalue weighted by Gasteiger charge is -2.47. The van der Waals surface area contributed by atoms with Gasteiger partial charge in [-0.05, 0) is 56.7 Å². The van der Waals surface area contributed by atoms with Crippen LogP contribution in [0.15, 0.2) is 27.4 Å². The lowest BCUT2D eigenvalue weighted by atomic mass is 9.79. The van der Waals surface area contributed by atoms with Crippen LogP contribution in [0.4, 0.5) is 5.69 Å². The number of anilines is 1. The van der Waals surface area contributed by atoms with E-state index < -0.39 is 5.97 Å². The zero-order valence-electron chi connectivity index (χ0n) is 15.3. The van der Waals surface area contributed by atoms with Crippen LogP contribution in [0.2, 0.25) is 0 Å². The van der Waals surface area contributed by atoms with Gasteiger partial charge in [0.05, 0.1) is 0 Å². The Balaban J connectivity index is 2.12. The molecule has 5 nitrogen and oxygen atoms in total. The molecule has 3 rings (SSSR count). The van der Waals surface area contributed by atoms with Gasteiger partial charge in [-0.2, -0.15) is 0 Å². The molecule has 0 radical (unpaired) electrons. The van der Waals surface area contributed by atoms with E-state index in [9.17, 15) is 9.59 Å². The number of carboxylic acid groups (broad SMARTS) is 1. The largest absolute Gasteiger partial charge is 0.481 e. The fourth-order valence-corrected chi connectivity index (χ4v) is 4.11. The van der Waals surface area contributed by atoms with Gasteiger partial charge in [-0.1, -0.05) is 6.92 Å². The van der Waals surface area contributed by atoms with Crippen molar-refractivity contribution >= 4 is 22.6 Å². The number of aryl methyl sites for hydroxylation is 1. The van der Waals surface area contributed by atoms with Crippen molar-refractivity contribution in [3.63, 3.8) is 0 Å². The van der Waals surface area contributed by atoms with Crippen LogP contribution in [0.3, 0.4) is 0 Å². The Morgan fingerprint density at radius 1 is 1.36 bits per heavy atom. The van der Waals surface area contributed by atoms with Crippen LogP contribution in [-0.4, -0.2) is 23.2 Å². The number of fused-ring (bicyclic) bond motifs is 2. The highest BCUT2D eigenvalue weighted by atomic mass is 16.4. The summed E-state index contributed by atoms with van der Waals surface area (Å²) >= 11 is 0. The average Bonchev–Trinajstić information content (AvgIpc) is 2.48. The predicted octanol–water partition coefficient (Wildman–Crippen LogP) is 4.06. The molecule has 0 amide bonds. The normalized spacial score (nSPS) is 19.0. The summed E-state index contributed by atoms with van der Waals surface area (Å²) in [6, 6.07) is 5.61. The van der Waals surface area contributed by atoms with E-state index in [4.69, 9.17) is 9.52 Å². The Labute approximate surface area is 147 Å². The van der Waals surface area contributed by atoms with E-state index in [-0.39, 0.29) is 17.6 Å². The average molecular weight is 343 g/mol. The van der Waals surface area contributed by atoms with Gasteiger partial charge in [0.1, 0.15) is 5.58 Å². The quantitative estimate of drug-likeness (QED) is 0.848. The third-order valence-corrected chi connectivity index (χ3v) is 5.23. The van der Waals surface area contributed by atoms with Crippen LogP contribution in [0.1, 0.15) is 57.1 Å². The summed E-state index contributed by atoms with van der Waals surface area (Å²) in [6.07, 6.45) is 1.73. The number of rotatable bonds is 4. The molecule has 134 valence electrons. The Hall–Kier alpha value is -2.30. The molecule has 0 bridgehead atoms. The first-order chi connectivity index (χ1) is 11.7. The van der Waals surface area contributed by atoms with Gasteiger partial charge in [0.25, 0.3) is 0 Å². The Bertz CT molecular complexity index is 881. The van der Waals surface area contributed by atoms with Crippen molar-refractivity contribution in [3.05, 3.63) is 39.7 Å². The maximum Gasteiger partial charge on any atom is 0.336 e. The van der Waals surface area contributed by atoms with Crippen molar-refractivity contribution < 1.29 is 14.3 Å². The zero-order valence-corrected chi connectivity index (χ0v) is 15.3. The smallest absolute Gasteiger partial charge is 0.336 e. The number of hydrogen-bond acceptors (Lipinski definition) is 4. The monoisotopic (exact) mass is 343 g/mol. The summed E-state index contributed by atoms with van der Waals surface area (Å²) < 4.78 is 5.43. The molecule has 25 heavy (non-hydrogen) atoms. The lowest BCUT2D eigenvalue weighted by molar-refractivity contribution is -0.137. The first-order valence-corrected chi connectivity index (χ1v) is 8.77. The molecule has 1 aromatic carbocycles. The van der Waals surface area contributed by atoms with Gasteiger partial charge in [0, 0.05) is 41.7 Å². The highest BCUT2D eigenvalue weighted by Gasteiger charge is 2.36. The van der Waals surface area contributed by atoms with Gasteiger partial charge in [-0.15, -0.1) is 0 Å². The summed E-state index contributed by atoms with van der Waals surface area (Å²) in [5, 5.41) is 9.91. The van der Waals surface area contributed by atoms with Crippen LogP contribution >= 0.6 is 0 Å². The van der Waals surface area contributed by atoms with Crippen molar-refractivity contribution in [2.24, 2.45) is 0 Å². The zero-order chi connectivity index (χ0) is 18.4. The SMILES string of the molecule is Cc1cc(=O)oc2cc3c(cc12)[C@H](C)CC(C)(C)N3CCCC(=O)O. The second-order valence-electron chi connectivity index (χ2n) is 7.72. The molecule has 0 saturated heterocycles. The van der Waals surface area contributed by atoms with E-state index in [0.29, 0.717) is 24.5 Å². The van der Waals surface area contributed by atoms with E-state index in [1.807, 2.05) is 13.0 Å². The molecular weight excluding hydrogens is 318 g/mol. The third kappa shape index (κ3) is 3.28. The molecular formula is C20H25NO4. The molecule has 0 spiro atoms. The fraction of sp³-hybridized carbons (Fsp3) is 0.500. The van der Waals surface area contributed by atoms with E-state index in [2.05, 4.69) is 31.7 Å². The highest BCUT2D eigenvalue weighted by molar-refractivity contribution is 5.86. The van der Waals surface area contributed by atoms with E-state index >= 15 is 0 Å². The summed E-state index contributed by atoms with van der Waals surface area (Å²) in [5.74, 6) is -0.389. The second-order valence-corrected chi connectivity index (χ2v) is 7.72. The molecule has 2 aromatic rings. The molecule has 1 N–H and O–H groups in total. The van der Waals surface area contributed by atoms with Crippen molar-refractivity contribution in [1.82, 2.24) is 0 Å². The predicted molar refractivity (Wildman–Crippen MR) is 98.5 cm³/mol. The van der Waals surface area contributed by atoms with Crippen molar-refractivity contribution in [2.75, 3.05) is 11.4 Å². The topological polar surface area (TPSA) is 70.8 Å². The molecule has 0 aliphatic carbocycles. The molecule has 1 aliphatic rings. The molecule has 1 aromatic heterocycles. The molecule has 1 atom stereocenters. The molecule has 0 saturated carbocycles. The minimum atomic E-state index is -0.774. The van der Waals surface area contributed by atoms with Crippen LogP contribution in [0, 0.1) is 6.92 Å². The van der Waals surface area contributed by atoms with Gasteiger partial charge in [-0.25, -0.2) is 4.79 Å². The molecule has 0 unspecified atom stereocenters. The second kappa shape index (κ2) is 6.21. The van der Waals surface area contributed by atoms with Crippen molar-refractivity contribution in [3.8, 4) is 0 Å². The van der Waals surface area contributed by atoms with Crippen molar-refractivity contribution in [2.45, 2.75) is 58.4 Å². The highest BCUT2D eigenvalue weighted by Crippen LogP contribution is 2.45. The van der Waals surface area contributed by atoms with Crippen LogP contribution in [0.5, 0.6) is 0 Å². The minimum Gasteiger partial charge on any atom is -0.481 e. The summed E-state index contributed by atoms with van der Waals surface area (Å²) in [6.45, 7) is 9.18. The maximum atomic E-state index is 11.7. The van der Waals surface area contributed by atoms with Crippen molar-refractivity contribution in [1.29, 1.82) is 0 Å². The van der Waals surface area contributed by atoms with Gasteiger partial charge >= 0.3 is 11.6 Å². The number of carbonyl (C=O) groups is 1. The van der Waals surface area contributed by atoms with E-state index in [0.717, 1.165) is 23.1 Å². The number of hydrogen-bond donors (Lipinski definition) is 1.